The highest BCUT2D eigenvalue weighted by Gasteiger charge is 2.28. The van der Waals surface area contributed by atoms with Crippen LogP contribution in [-0.2, 0) is 4.79 Å². The maximum Gasteiger partial charge on any atom is 0.223 e. The van der Waals surface area contributed by atoms with Gasteiger partial charge < -0.3 is 15.3 Å². The van der Waals surface area contributed by atoms with E-state index in [1.54, 1.807) is 0 Å². The van der Waals surface area contributed by atoms with E-state index >= 15 is 0 Å². The van der Waals surface area contributed by atoms with E-state index in [0.29, 0.717) is 24.9 Å². The summed E-state index contributed by atoms with van der Waals surface area (Å²) in [6, 6.07) is 0.386. The molecule has 17 heavy (non-hydrogen) atoms. The Morgan fingerprint density at radius 1 is 1.24 bits per heavy atom. The largest absolute Gasteiger partial charge is 0.395 e. The molecule has 2 fully saturated rings. The first-order valence-electron chi connectivity index (χ1n) is 6.92. The molecule has 1 aliphatic carbocycles. The Morgan fingerprint density at radius 2 is 1.94 bits per heavy atom. The van der Waals surface area contributed by atoms with Gasteiger partial charge >= 0.3 is 0 Å². The number of carbonyl (C=O) groups excluding carboxylic acids is 1. The van der Waals surface area contributed by atoms with Crippen molar-refractivity contribution < 1.29 is 9.90 Å². The number of amides is 1. The first-order chi connectivity index (χ1) is 8.31. The number of hydrogen-bond acceptors (Lipinski definition) is 3. The molecule has 0 unspecified atom stereocenters. The maximum absolute atomic E-state index is 12.2. The Bertz CT molecular complexity index is 248. The van der Waals surface area contributed by atoms with Gasteiger partial charge in [-0.15, -0.1) is 0 Å². The van der Waals surface area contributed by atoms with Crippen LogP contribution in [0.2, 0.25) is 0 Å². The quantitative estimate of drug-likeness (QED) is 0.745. The van der Waals surface area contributed by atoms with Gasteiger partial charge in [-0.2, -0.15) is 0 Å². The zero-order valence-corrected chi connectivity index (χ0v) is 10.5. The molecule has 1 saturated heterocycles. The van der Waals surface area contributed by atoms with Gasteiger partial charge in [0.25, 0.3) is 0 Å². The van der Waals surface area contributed by atoms with Crippen molar-refractivity contribution in [1.29, 1.82) is 0 Å². The van der Waals surface area contributed by atoms with E-state index in [9.17, 15) is 4.79 Å². The van der Waals surface area contributed by atoms with Crippen LogP contribution >= 0.6 is 0 Å². The van der Waals surface area contributed by atoms with Crippen molar-refractivity contribution in [2.75, 3.05) is 26.2 Å². The fraction of sp³-hybridized carbons (Fsp3) is 0.923. The topological polar surface area (TPSA) is 52.6 Å². The molecule has 0 aromatic carbocycles. The standard InChI is InChI=1S/C13H24N2O2/c16-7-6-15(12-4-2-1-3-5-12)13(17)8-11-9-14-10-11/h11-12,14,16H,1-10H2. The zero-order chi connectivity index (χ0) is 12.1. The minimum absolute atomic E-state index is 0.0884. The summed E-state index contributed by atoms with van der Waals surface area (Å²) in [5.41, 5.74) is 0. The lowest BCUT2D eigenvalue weighted by molar-refractivity contribution is -0.136. The first-order valence-corrected chi connectivity index (χ1v) is 6.92. The summed E-state index contributed by atoms with van der Waals surface area (Å²) in [5, 5.41) is 12.3. The van der Waals surface area contributed by atoms with E-state index in [1.807, 2.05) is 4.90 Å². The molecule has 1 heterocycles. The van der Waals surface area contributed by atoms with Crippen LogP contribution in [0.15, 0.2) is 0 Å². The van der Waals surface area contributed by atoms with Crippen molar-refractivity contribution in [2.45, 2.75) is 44.6 Å². The van der Waals surface area contributed by atoms with Gasteiger partial charge in [-0.3, -0.25) is 4.79 Å². The molecule has 0 atom stereocenters. The summed E-state index contributed by atoms with van der Waals surface area (Å²) in [4.78, 5) is 14.2. The van der Waals surface area contributed by atoms with Gasteiger partial charge in [0, 0.05) is 19.0 Å². The molecule has 1 amide bonds. The average Bonchev–Trinajstić information content (AvgIpc) is 2.31. The average molecular weight is 240 g/mol. The van der Waals surface area contributed by atoms with Crippen molar-refractivity contribution in [1.82, 2.24) is 10.2 Å². The van der Waals surface area contributed by atoms with Gasteiger partial charge in [0.1, 0.15) is 0 Å². The number of carbonyl (C=O) groups is 1. The monoisotopic (exact) mass is 240 g/mol. The second kappa shape index (κ2) is 6.36. The predicted molar refractivity (Wildman–Crippen MR) is 66.6 cm³/mol. The van der Waals surface area contributed by atoms with Gasteiger partial charge in [-0.1, -0.05) is 19.3 Å². The smallest absolute Gasteiger partial charge is 0.223 e. The molecular weight excluding hydrogens is 216 g/mol. The van der Waals surface area contributed by atoms with Crippen LogP contribution in [0.5, 0.6) is 0 Å². The first kappa shape index (κ1) is 12.8. The summed E-state index contributed by atoms with van der Waals surface area (Å²) in [6.45, 7) is 2.56. The van der Waals surface area contributed by atoms with Crippen LogP contribution < -0.4 is 5.32 Å². The van der Waals surface area contributed by atoms with Crippen LogP contribution in [0.4, 0.5) is 0 Å². The fourth-order valence-electron chi connectivity index (χ4n) is 2.87. The molecule has 0 spiro atoms. The van der Waals surface area contributed by atoms with Crippen molar-refractivity contribution in [3.8, 4) is 0 Å². The summed E-state index contributed by atoms with van der Waals surface area (Å²) in [5.74, 6) is 0.768. The Hall–Kier alpha value is -0.610. The Morgan fingerprint density at radius 3 is 2.47 bits per heavy atom. The molecule has 1 saturated carbocycles. The Labute approximate surface area is 103 Å². The summed E-state index contributed by atoms with van der Waals surface area (Å²) in [7, 11) is 0. The highest BCUT2D eigenvalue weighted by Crippen LogP contribution is 2.24. The van der Waals surface area contributed by atoms with E-state index in [4.69, 9.17) is 5.11 Å². The molecule has 2 aliphatic rings. The molecule has 0 aromatic heterocycles. The normalized spacial score (nSPS) is 22.2. The van der Waals surface area contributed by atoms with E-state index in [1.165, 1.54) is 19.3 Å². The molecule has 0 radical (unpaired) electrons. The van der Waals surface area contributed by atoms with Gasteiger partial charge in [-0.05, 0) is 31.8 Å². The van der Waals surface area contributed by atoms with Crippen LogP contribution in [0.25, 0.3) is 0 Å². The number of hydrogen-bond donors (Lipinski definition) is 2. The summed E-state index contributed by atoms with van der Waals surface area (Å²) in [6.07, 6.45) is 6.65. The van der Waals surface area contributed by atoms with Crippen molar-refractivity contribution in [3.05, 3.63) is 0 Å². The highest BCUT2D eigenvalue weighted by atomic mass is 16.3. The molecule has 98 valence electrons. The molecule has 0 aromatic rings. The van der Waals surface area contributed by atoms with Gasteiger partial charge in [0.05, 0.1) is 6.61 Å². The number of nitrogens with zero attached hydrogens (tertiary/aromatic N) is 1. The van der Waals surface area contributed by atoms with Gasteiger partial charge in [0.2, 0.25) is 5.91 Å². The number of aliphatic hydroxyl groups excluding tert-OH is 1. The van der Waals surface area contributed by atoms with Crippen LogP contribution in [0.1, 0.15) is 38.5 Å². The Kier molecular flexibility index (Phi) is 4.80. The lowest BCUT2D eigenvalue weighted by Gasteiger charge is -2.36. The molecule has 0 bridgehead atoms. The third-order valence-corrected chi connectivity index (χ3v) is 4.01. The third kappa shape index (κ3) is 3.42. The molecule has 1 aliphatic heterocycles. The van der Waals surface area contributed by atoms with Crippen LogP contribution in [-0.4, -0.2) is 48.2 Å². The predicted octanol–water partition coefficient (Wildman–Crippen LogP) is 0.749. The maximum atomic E-state index is 12.2. The van der Waals surface area contributed by atoms with Crippen LogP contribution in [0.3, 0.4) is 0 Å². The molecule has 4 heteroatoms. The summed E-state index contributed by atoms with van der Waals surface area (Å²) < 4.78 is 0. The number of aliphatic hydroxyl groups is 1. The van der Waals surface area contributed by atoms with E-state index in [2.05, 4.69) is 5.32 Å². The third-order valence-electron chi connectivity index (χ3n) is 4.01. The molecule has 4 nitrogen and oxygen atoms in total. The SMILES string of the molecule is O=C(CC1CNC1)N(CCO)C1CCCCC1. The minimum Gasteiger partial charge on any atom is -0.395 e. The molecule has 2 N–H and O–H groups in total. The molecular formula is C13H24N2O2. The lowest BCUT2D eigenvalue weighted by atomic mass is 9.92. The van der Waals surface area contributed by atoms with Gasteiger partial charge in [0.15, 0.2) is 0 Å². The van der Waals surface area contributed by atoms with E-state index < -0.39 is 0 Å². The van der Waals surface area contributed by atoms with E-state index in [-0.39, 0.29) is 12.5 Å². The second-order valence-electron chi connectivity index (χ2n) is 5.33. The number of nitrogens with one attached hydrogen (secondary N) is 1. The highest BCUT2D eigenvalue weighted by molar-refractivity contribution is 5.77. The fourth-order valence-corrected chi connectivity index (χ4v) is 2.87. The zero-order valence-electron chi connectivity index (χ0n) is 10.5. The van der Waals surface area contributed by atoms with E-state index in [0.717, 1.165) is 25.9 Å². The van der Waals surface area contributed by atoms with Gasteiger partial charge in [-0.25, -0.2) is 0 Å². The minimum atomic E-state index is 0.0884. The van der Waals surface area contributed by atoms with Crippen LogP contribution in [0, 0.1) is 5.92 Å². The number of rotatable bonds is 5. The lowest BCUT2D eigenvalue weighted by Crippen LogP contribution is -2.48. The van der Waals surface area contributed by atoms with Crippen molar-refractivity contribution >= 4 is 5.91 Å². The van der Waals surface area contributed by atoms with Crippen molar-refractivity contribution in [3.63, 3.8) is 0 Å². The Balaban J connectivity index is 1.86. The second-order valence-corrected chi connectivity index (χ2v) is 5.33. The molecule has 2 rings (SSSR count). The van der Waals surface area contributed by atoms with Crippen molar-refractivity contribution in [2.24, 2.45) is 5.92 Å². The summed E-state index contributed by atoms with van der Waals surface area (Å²) >= 11 is 0.